The van der Waals surface area contributed by atoms with Gasteiger partial charge in [-0.1, -0.05) is 24.3 Å². The average Bonchev–Trinajstić information content (AvgIpc) is 2.89. The maximum absolute atomic E-state index is 11.6. The molecule has 0 amide bonds. The van der Waals surface area contributed by atoms with Crippen LogP contribution >= 0.6 is 0 Å². The Balaban J connectivity index is 1.72. The van der Waals surface area contributed by atoms with Crippen LogP contribution in [0, 0.1) is 6.92 Å². The second-order valence-corrected chi connectivity index (χ2v) is 6.82. The van der Waals surface area contributed by atoms with Crippen LogP contribution in [-0.4, -0.2) is 28.3 Å². The molecule has 122 valence electrons. The summed E-state index contributed by atoms with van der Waals surface area (Å²) < 4.78 is 2.09. The molecule has 2 aromatic rings. The summed E-state index contributed by atoms with van der Waals surface area (Å²) in [6.45, 7) is 7.01. The van der Waals surface area contributed by atoms with Gasteiger partial charge in [-0.25, -0.2) is 0 Å². The third kappa shape index (κ3) is 3.56. The zero-order chi connectivity index (χ0) is 16.4. The quantitative estimate of drug-likeness (QED) is 0.800. The monoisotopic (exact) mass is 310 g/mol. The van der Waals surface area contributed by atoms with E-state index in [2.05, 4.69) is 40.7 Å². The van der Waals surface area contributed by atoms with Crippen molar-refractivity contribution in [1.29, 1.82) is 0 Å². The van der Waals surface area contributed by atoms with Gasteiger partial charge in [0.15, 0.2) is 5.78 Å². The van der Waals surface area contributed by atoms with Crippen LogP contribution in [0.4, 0.5) is 0 Å². The molecule has 1 aromatic heterocycles. The molecule has 23 heavy (non-hydrogen) atoms. The number of hydrogen-bond acceptors (Lipinski definition) is 2. The first-order chi connectivity index (χ1) is 11.0. The molecular weight excluding hydrogens is 284 g/mol. The van der Waals surface area contributed by atoms with Gasteiger partial charge in [0, 0.05) is 37.6 Å². The molecule has 0 bridgehead atoms. The largest absolute Gasteiger partial charge is 0.353 e. The molecule has 1 saturated heterocycles. The number of carbonyl (C=O) groups is 1. The Kier molecular flexibility index (Phi) is 4.67. The van der Waals surface area contributed by atoms with Crippen molar-refractivity contribution in [2.75, 3.05) is 13.1 Å². The number of nitrogens with zero attached hydrogens (tertiary/aromatic N) is 2. The van der Waals surface area contributed by atoms with Gasteiger partial charge in [-0.05, 0) is 56.3 Å². The van der Waals surface area contributed by atoms with E-state index in [0.717, 1.165) is 25.2 Å². The highest BCUT2D eigenvalue weighted by atomic mass is 16.1. The average molecular weight is 310 g/mol. The lowest BCUT2D eigenvalue weighted by Gasteiger charge is -2.33. The Morgan fingerprint density at radius 3 is 2.78 bits per heavy atom. The van der Waals surface area contributed by atoms with Crippen LogP contribution in [0.1, 0.15) is 52.9 Å². The molecule has 1 aromatic carbocycles. The van der Waals surface area contributed by atoms with Crippen molar-refractivity contribution >= 4 is 5.78 Å². The van der Waals surface area contributed by atoms with Gasteiger partial charge in [-0.3, -0.25) is 9.69 Å². The maximum Gasteiger partial charge on any atom is 0.161 e. The number of carbonyl (C=O) groups excluding carboxylic acids is 1. The van der Waals surface area contributed by atoms with Gasteiger partial charge in [0.1, 0.15) is 0 Å². The van der Waals surface area contributed by atoms with E-state index in [-0.39, 0.29) is 5.78 Å². The van der Waals surface area contributed by atoms with Crippen LogP contribution in [-0.2, 0) is 13.6 Å². The van der Waals surface area contributed by atoms with Crippen molar-refractivity contribution in [1.82, 2.24) is 9.47 Å². The van der Waals surface area contributed by atoms with E-state index in [1.807, 2.05) is 19.3 Å². The molecule has 0 N–H and O–H groups in total. The molecule has 2 heterocycles. The summed E-state index contributed by atoms with van der Waals surface area (Å²) in [5, 5.41) is 0. The van der Waals surface area contributed by atoms with Gasteiger partial charge in [-0.2, -0.15) is 0 Å². The van der Waals surface area contributed by atoms with Gasteiger partial charge >= 0.3 is 0 Å². The molecule has 1 atom stereocenters. The van der Waals surface area contributed by atoms with Gasteiger partial charge in [0.05, 0.1) is 0 Å². The Hall–Kier alpha value is -1.87. The fourth-order valence-electron chi connectivity index (χ4n) is 3.69. The minimum Gasteiger partial charge on any atom is -0.353 e. The molecule has 1 fully saturated rings. The minimum atomic E-state index is 0.142. The molecule has 0 spiro atoms. The van der Waals surface area contributed by atoms with Crippen LogP contribution in [0.3, 0.4) is 0 Å². The lowest BCUT2D eigenvalue weighted by Crippen LogP contribution is -2.34. The molecular formula is C20H26N2O. The van der Waals surface area contributed by atoms with Crippen molar-refractivity contribution in [2.45, 2.75) is 39.2 Å². The maximum atomic E-state index is 11.6. The lowest BCUT2D eigenvalue weighted by molar-refractivity contribution is 0.101. The number of piperidine rings is 1. The first-order valence-electron chi connectivity index (χ1n) is 8.48. The van der Waals surface area contributed by atoms with Gasteiger partial charge in [-0.15, -0.1) is 0 Å². The zero-order valence-corrected chi connectivity index (χ0v) is 14.4. The Bertz CT molecular complexity index is 701. The normalized spacial score (nSPS) is 19.0. The SMILES string of the molecule is CC(=O)c1cc(CN2CCCC(c3ccccc3C)C2)n(C)c1. The van der Waals surface area contributed by atoms with Crippen molar-refractivity contribution in [3.63, 3.8) is 0 Å². The van der Waals surface area contributed by atoms with Crippen LogP contribution in [0.15, 0.2) is 36.5 Å². The van der Waals surface area contributed by atoms with Gasteiger partial charge in [0.25, 0.3) is 0 Å². The third-order valence-electron chi connectivity index (χ3n) is 5.03. The summed E-state index contributed by atoms with van der Waals surface area (Å²) in [5.41, 5.74) is 4.93. The number of hydrogen-bond donors (Lipinski definition) is 0. The van der Waals surface area contributed by atoms with Crippen molar-refractivity contribution < 1.29 is 4.79 Å². The van der Waals surface area contributed by atoms with E-state index >= 15 is 0 Å². The van der Waals surface area contributed by atoms with Crippen molar-refractivity contribution in [3.8, 4) is 0 Å². The van der Waals surface area contributed by atoms with E-state index in [0.29, 0.717) is 5.92 Å². The van der Waals surface area contributed by atoms with Crippen LogP contribution < -0.4 is 0 Å². The number of likely N-dealkylation sites (tertiary alicyclic amines) is 1. The number of Topliss-reactive ketones (excluding diaryl/α,β-unsaturated/α-hetero) is 1. The molecule has 0 aliphatic carbocycles. The topological polar surface area (TPSA) is 25.2 Å². The Morgan fingerprint density at radius 1 is 1.30 bits per heavy atom. The highest BCUT2D eigenvalue weighted by molar-refractivity contribution is 5.94. The standard InChI is InChI=1S/C20H26N2O/c1-15-7-4-5-9-20(15)17-8-6-10-22(13-17)14-19-11-18(16(2)23)12-21(19)3/h4-5,7,9,11-12,17H,6,8,10,13-14H2,1-3H3. The molecule has 1 aliphatic rings. The number of aryl methyl sites for hydroxylation is 2. The Labute approximate surface area is 138 Å². The minimum absolute atomic E-state index is 0.142. The molecule has 1 unspecified atom stereocenters. The molecule has 3 nitrogen and oxygen atoms in total. The molecule has 3 rings (SSSR count). The third-order valence-corrected chi connectivity index (χ3v) is 5.03. The highest BCUT2D eigenvalue weighted by Crippen LogP contribution is 2.29. The molecule has 0 radical (unpaired) electrons. The van der Waals surface area contributed by atoms with E-state index in [9.17, 15) is 4.79 Å². The number of ketones is 1. The molecule has 3 heteroatoms. The summed E-state index contributed by atoms with van der Waals surface area (Å²) in [6.07, 6.45) is 4.45. The van der Waals surface area contributed by atoms with Gasteiger partial charge in [0.2, 0.25) is 0 Å². The lowest BCUT2D eigenvalue weighted by atomic mass is 9.88. The van der Waals surface area contributed by atoms with Crippen molar-refractivity contribution in [2.24, 2.45) is 7.05 Å². The second-order valence-electron chi connectivity index (χ2n) is 6.82. The predicted molar refractivity (Wildman–Crippen MR) is 93.8 cm³/mol. The first kappa shape index (κ1) is 16.0. The summed E-state index contributed by atoms with van der Waals surface area (Å²) in [7, 11) is 2.03. The number of aromatic nitrogens is 1. The molecule has 1 aliphatic heterocycles. The zero-order valence-electron chi connectivity index (χ0n) is 14.4. The van der Waals surface area contributed by atoms with E-state index in [1.165, 1.54) is 29.7 Å². The number of rotatable bonds is 4. The summed E-state index contributed by atoms with van der Waals surface area (Å²) in [5.74, 6) is 0.765. The van der Waals surface area contributed by atoms with Crippen LogP contribution in [0.2, 0.25) is 0 Å². The highest BCUT2D eigenvalue weighted by Gasteiger charge is 2.23. The summed E-state index contributed by atoms with van der Waals surface area (Å²) >= 11 is 0. The summed E-state index contributed by atoms with van der Waals surface area (Å²) in [4.78, 5) is 14.1. The second kappa shape index (κ2) is 6.71. The number of benzene rings is 1. The van der Waals surface area contributed by atoms with Crippen LogP contribution in [0.25, 0.3) is 0 Å². The summed E-state index contributed by atoms with van der Waals surface area (Å²) in [6, 6.07) is 10.8. The van der Waals surface area contributed by atoms with Crippen molar-refractivity contribution in [3.05, 3.63) is 58.9 Å². The van der Waals surface area contributed by atoms with E-state index < -0.39 is 0 Å². The smallest absolute Gasteiger partial charge is 0.161 e. The fraction of sp³-hybridized carbons (Fsp3) is 0.450. The van der Waals surface area contributed by atoms with Crippen LogP contribution in [0.5, 0.6) is 0 Å². The van der Waals surface area contributed by atoms with E-state index in [1.54, 1.807) is 6.92 Å². The fourth-order valence-corrected chi connectivity index (χ4v) is 3.69. The predicted octanol–water partition coefficient (Wildman–Crippen LogP) is 3.92. The van der Waals surface area contributed by atoms with Gasteiger partial charge < -0.3 is 4.57 Å². The first-order valence-corrected chi connectivity index (χ1v) is 8.48. The Morgan fingerprint density at radius 2 is 2.09 bits per heavy atom. The van der Waals surface area contributed by atoms with E-state index in [4.69, 9.17) is 0 Å². The molecule has 0 saturated carbocycles.